The van der Waals surface area contributed by atoms with E-state index in [1.165, 1.54) is 0 Å². The predicted molar refractivity (Wildman–Crippen MR) is 124 cm³/mol. The zero-order chi connectivity index (χ0) is 23.4. The first-order chi connectivity index (χ1) is 15.3. The van der Waals surface area contributed by atoms with Crippen LogP contribution in [0.1, 0.15) is 50.5 Å². The number of aromatic nitrogens is 1. The largest absolute Gasteiger partial charge is 0.487 e. The molecule has 3 rings (SSSR count). The number of carbonyl (C=O) groups excluding carboxylic acids is 1. The molecule has 0 N–H and O–H groups in total. The fourth-order valence-electron chi connectivity index (χ4n) is 4.14. The average Bonchev–Trinajstić information content (AvgIpc) is 3.22. The molecular formula is C21H32BrN2O7P. The zero-order valence-corrected chi connectivity index (χ0v) is 21.4. The minimum atomic E-state index is -3.32. The lowest BCUT2D eigenvalue weighted by molar-refractivity contribution is 0.0506. The first-order valence-electron chi connectivity index (χ1n) is 11.1. The summed E-state index contributed by atoms with van der Waals surface area (Å²) in [6.45, 7) is 7.89. The molecule has 3 heterocycles. The van der Waals surface area contributed by atoms with Crippen molar-refractivity contribution >= 4 is 29.4 Å². The van der Waals surface area contributed by atoms with Crippen LogP contribution in [0.2, 0.25) is 0 Å². The van der Waals surface area contributed by atoms with E-state index in [0.717, 1.165) is 12.8 Å². The second kappa shape index (κ2) is 10.8. The van der Waals surface area contributed by atoms with E-state index in [2.05, 4.69) is 15.9 Å². The summed E-state index contributed by atoms with van der Waals surface area (Å²) in [6.07, 6.45) is 4.09. The molecule has 180 valence electrons. The Balaban J connectivity index is 2.00. The Kier molecular flexibility index (Phi) is 8.60. The number of rotatable bonds is 11. The molecule has 0 saturated carbocycles. The minimum absolute atomic E-state index is 0.0478. The number of ether oxygens (including phenoxy) is 2. The second-order valence-corrected chi connectivity index (χ2v) is 11.0. The molecule has 1 amide bonds. The van der Waals surface area contributed by atoms with E-state index in [9.17, 15) is 14.2 Å². The van der Waals surface area contributed by atoms with Crippen LogP contribution < -0.4 is 10.2 Å². The van der Waals surface area contributed by atoms with Gasteiger partial charge in [-0.05, 0) is 42.6 Å². The van der Waals surface area contributed by atoms with E-state index >= 15 is 0 Å². The molecule has 1 unspecified atom stereocenters. The molecule has 1 fully saturated rings. The van der Waals surface area contributed by atoms with Crippen molar-refractivity contribution in [3.05, 3.63) is 26.6 Å². The third-order valence-corrected chi connectivity index (χ3v) is 8.35. The maximum atomic E-state index is 13.6. The summed E-state index contributed by atoms with van der Waals surface area (Å²) in [5.74, 6) is -0.287. The molecule has 32 heavy (non-hydrogen) atoms. The Morgan fingerprint density at radius 1 is 1.22 bits per heavy atom. The lowest BCUT2D eigenvalue weighted by Gasteiger charge is -2.43. The monoisotopic (exact) mass is 534 g/mol. The summed E-state index contributed by atoms with van der Waals surface area (Å²) >= 11 is 3.34. The van der Waals surface area contributed by atoms with Crippen LogP contribution in [0.3, 0.4) is 0 Å². The van der Waals surface area contributed by atoms with Gasteiger partial charge in [0.2, 0.25) is 5.43 Å². The predicted octanol–water partition coefficient (Wildman–Crippen LogP) is 3.63. The number of fused-ring (bicyclic) bond motifs is 2. The highest BCUT2D eigenvalue weighted by atomic mass is 79.9. The van der Waals surface area contributed by atoms with Gasteiger partial charge < -0.3 is 28.0 Å². The van der Waals surface area contributed by atoms with Crippen LogP contribution >= 0.6 is 23.5 Å². The van der Waals surface area contributed by atoms with Crippen LogP contribution in [0, 0.1) is 0 Å². The summed E-state index contributed by atoms with van der Waals surface area (Å²) in [6, 6.07) is 0. The summed E-state index contributed by atoms with van der Waals surface area (Å²) < 4.78 is 37.5. The van der Waals surface area contributed by atoms with Gasteiger partial charge in [0, 0.05) is 25.9 Å². The molecular weight excluding hydrogens is 503 g/mol. The number of hydrogen-bond donors (Lipinski definition) is 0. The van der Waals surface area contributed by atoms with Gasteiger partial charge in [-0.1, -0.05) is 13.3 Å². The summed E-state index contributed by atoms with van der Waals surface area (Å²) in [4.78, 5) is 28.1. The molecule has 1 saturated heterocycles. The van der Waals surface area contributed by atoms with Crippen LogP contribution in [-0.4, -0.2) is 67.7 Å². The molecule has 1 spiro atoms. The van der Waals surface area contributed by atoms with E-state index in [4.69, 9.17) is 18.5 Å². The first kappa shape index (κ1) is 25.4. The number of pyridine rings is 1. The van der Waals surface area contributed by atoms with Crippen molar-refractivity contribution in [3.8, 4) is 5.75 Å². The van der Waals surface area contributed by atoms with Gasteiger partial charge in [0.15, 0.2) is 11.4 Å². The number of halogens is 1. The number of nitrogens with zero attached hydrogens (tertiary/aromatic N) is 2. The fraction of sp³-hybridized carbons (Fsp3) is 0.714. The Morgan fingerprint density at radius 2 is 1.94 bits per heavy atom. The van der Waals surface area contributed by atoms with Crippen LogP contribution in [0.4, 0.5) is 0 Å². The zero-order valence-electron chi connectivity index (χ0n) is 18.9. The molecule has 2 aliphatic heterocycles. The van der Waals surface area contributed by atoms with Gasteiger partial charge >= 0.3 is 7.60 Å². The standard InChI is InChI=1S/C21H32BrN2O7P/c1-4-7-10-29-19-17-20(26)23(9-12-32(27,30-5-2)31-6-3)14-21(8-11-28-15-21)24(17)13-16(22)18(19)25/h13H,4-12,14-15H2,1-3H3. The molecule has 0 aliphatic carbocycles. The lowest BCUT2D eigenvalue weighted by atomic mass is 9.93. The number of hydrogen-bond acceptors (Lipinski definition) is 7. The molecule has 1 aromatic rings. The van der Waals surface area contributed by atoms with Gasteiger partial charge in [-0.2, -0.15) is 0 Å². The van der Waals surface area contributed by atoms with Crippen LogP contribution in [-0.2, 0) is 23.9 Å². The highest BCUT2D eigenvalue weighted by Gasteiger charge is 2.47. The number of amides is 1. The first-order valence-corrected chi connectivity index (χ1v) is 13.7. The molecule has 11 heteroatoms. The van der Waals surface area contributed by atoms with E-state index < -0.39 is 13.1 Å². The van der Waals surface area contributed by atoms with E-state index in [-0.39, 0.29) is 48.7 Å². The Bertz CT molecular complexity index is 919. The highest BCUT2D eigenvalue weighted by Crippen LogP contribution is 2.48. The summed E-state index contributed by atoms with van der Waals surface area (Å²) in [7, 11) is -3.32. The molecule has 0 aromatic carbocycles. The normalized spacial score (nSPS) is 20.8. The quantitative estimate of drug-likeness (QED) is 0.316. The van der Waals surface area contributed by atoms with Gasteiger partial charge in [0.25, 0.3) is 5.91 Å². The molecule has 1 aromatic heterocycles. The second-order valence-electron chi connectivity index (χ2n) is 7.98. The summed E-state index contributed by atoms with van der Waals surface area (Å²) in [5, 5.41) is 0. The average molecular weight is 535 g/mol. The van der Waals surface area contributed by atoms with Crippen molar-refractivity contribution in [1.82, 2.24) is 9.47 Å². The maximum absolute atomic E-state index is 13.6. The van der Waals surface area contributed by atoms with Gasteiger partial charge in [-0.3, -0.25) is 14.2 Å². The molecule has 9 nitrogen and oxygen atoms in total. The smallest absolute Gasteiger partial charge is 0.332 e. The topological polar surface area (TPSA) is 96.3 Å². The van der Waals surface area contributed by atoms with Crippen LogP contribution in [0.15, 0.2) is 15.5 Å². The summed E-state index contributed by atoms with van der Waals surface area (Å²) in [5.41, 5.74) is -0.663. The van der Waals surface area contributed by atoms with E-state index in [0.29, 0.717) is 37.3 Å². The van der Waals surface area contributed by atoms with Crippen LogP contribution in [0.5, 0.6) is 5.75 Å². The highest BCUT2D eigenvalue weighted by molar-refractivity contribution is 9.10. The van der Waals surface area contributed by atoms with Gasteiger partial charge in [-0.15, -0.1) is 0 Å². The van der Waals surface area contributed by atoms with Crippen molar-refractivity contribution in [3.63, 3.8) is 0 Å². The van der Waals surface area contributed by atoms with Crippen LogP contribution in [0.25, 0.3) is 0 Å². The number of unbranched alkanes of at least 4 members (excludes halogenated alkanes) is 1. The van der Waals surface area contributed by atoms with E-state index in [1.54, 1.807) is 24.9 Å². The maximum Gasteiger partial charge on any atom is 0.332 e. The van der Waals surface area contributed by atoms with Crippen molar-refractivity contribution in [2.24, 2.45) is 0 Å². The van der Waals surface area contributed by atoms with E-state index in [1.807, 2.05) is 11.5 Å². The molecule has 1 atom stereocenters. The van der Waals surface area contributed by atoms with Crippen molar-refractivity contribution in [2.75, 3.05) is 52.3 Å². The lowest BCUT2D eigenvalue weighted by Crippen LogP contribution is -2.55. The van der Waals surface area contributed by atoms with Crippen molar-refractivity contribution in [1.29, 1.82) is 0 Å². The van der Waals surface area contributed by atoms with Crippen molar-refractivity contribution < 1.29 is 27.9 Å². The number of carbonyl (C=O) groups is 1. The Hall–Kier alpha value is -1.19. The Morgan fingerprint density at radius 3 is 2.53 bits per heavy atom. The fourth-order valence-corrected chi connectivity index (χ4v) is 6.13. The molecule has 0 radical (unpaired) electrons. The Labute approximate surface area is 197 Å². The third kappa shape index (κ3) is 5.14. The van der Waals surface area contributed by atoms with Gasteiger partial charge in [0.1, 0.15) is 0 Å². The van der Waals surface area contributed by atoms with Crippen molar-refractivity contribution in [2.45, 2.75) is 45.6 Å². The molecule has 0 bridgehead atoms. The third-order valence-electron chi connectivity index (χ3n) is 5.73. The van der Waals surface area contributed by atoms with Gasteiger partial charge in [0.05, 0.1) is 42.6 Å². The van der Waals surface area contributed by atoms with Gasteiger partial charge in [-0.25, -0.2) is 0 Å². The SMILES string of the molecule is CCCCOc1c2n(cc(Br)c1=O)C1(CCOC1)CN(CCP(=O)(OCC)OCC)C2=O. The minimum Gasteiger partial charge on any atom is -0.487 e. The molecule has 2 aliphatic rings.